The number of hydrogen-bond acceptors (Lipinski definition) is 4. The Bertz CT molecular complexity index is 566. The fraction of sp³-hybridized carbons (Fsp3) is 0.462. The second-order valence-electron chi connectivity index (χ2n) is 4.40. The number of benzene rings is 1. The number of methoxy groups -OCH3 is 1. The largest absolute Gasteiger partial charge is 0.465 e. The first-order valence-electron chi connectivity index (χ1n) is 6.03. The Hall–Kier alpha value is -1.40. The molecule has 1 atom stereocenters. The molecule has 0 aliphatic heterocycles. The molecule has 0 heterocycles. The SMILES string of the molecule is CCC(C)NS(=O)(=O)c1ccc(C)c(C(=O)OC)c1. The van der Waals surface area contributed by atoms with Gasteiger partial charge in [0.2, 0.25) is 10.0 Å². The van der Waals surface area contributed by atoms with E-state index in [0.717, 1.165) is 0 Å². The van der Waals surface area contributed by atoms with Crippen LogP contribution >= 0.6 is 0 Å². The standard InChI is InChI=1S/C13H19NO4S/c1-5-10(3)14-19(16,17)11-7-6-9(2)12(8-11)13(15)18-4/h6-8,10,14H,5H2,1-4H3. The van der Waals surface area contributed by atoms with Gasteiger partial charge in [0.25, 0.3) is 0 Å². The summed E-state index contributed by atoms with van der Waals surface area (Å²) < 4.78 is 31.4. The van der Waals surface area contributed by atoms with E-state index in [1.807, 2.05) is 6.92 Å². The van der Waals surface area contributed by atoms with Crippen LogP contribution in [0.5, 0.6) is 0 Å². The smallest absolute Gasteiger partial charge is 0.338 e. The lowest BCUT2D eigenvalue weighted by molar-refractivity contribution is 0.0599. The second-order valence-corrected chi connectivity index (χ2v) is 6.11. The number of carbonyl (C=O) groups is 1. The van der Waals surface area contributed by atoms with Crippen molar-refractivity contribution >= 4 is 16.0 Å². The van der Waals surface area contributed by atoms with Gasteiger partial charge in [0.1, 0.15) is 0 Å². The molecule has 0 aliphatic carbocycles. The number of sulfonamides is 1. The van der Waals surface area contributed by atoms with Gasteiger partial charge in [0.15, 0.2) is 0 Å². The van der Waals surface area contributed by atoms with E-state index in [-0.39, 0.29) is 16.5 Å². The number of rotatable bonds is 5. The summed E-state index contributed by atoms with van der Waals surface area (Å²) >= 11 is 0. The molecular formula is C13H19NO4S. The highest BCUT2D eigenvalue weighted by Crippen LogP contribution is 2.17. The summed E-state index contributed by atoms with van der Waals surface area (Å²) in [7, 11) is -2.35. The van der Waals surface area contributed by atoms with Gasteiger partial charge >= 0.3 is 5.97 Å². The predicted octanol–water partition coefficient (Wildman–Crippen LogP) is 1.86. The van der Waals surface area contributed by atoms with E-state index < -0.39 is 16.0 Å². The Morgan fingerprint density at radius 2 is 2.05 bits per heavy atom. The normalized spacial score (nSPS) is 13.1. The van der Waals surface area contributed by atoms with Gasteiger partial charge in [-0.15, -0.1) is 0 Å². The van der Waals surface area contributed by atoms with E-state index in [9.17, 15) is 13.2 Å². The lowest BCUT2D eigenvalue weighted by Crippen LogP contribution is -2.32. The molecule has 1 aromatic carbocycles. The summed E-state index contributed by atoms with van der Waals surface area (Å²) in [4.78, 5) is 11.6. The minimum Gasteiger partial charge on any atom is -0.465 e. The van der Waals surface area contributed by atoms with Crippen LogP contribution < -0.4 is 4.72 Å². The maximum atomic E-state index is 12.1. The molecule has 0 aromatic heterocycles. The summed E-state index contributed by atoms with van der Waals surface area (Å²) in [6.45, 7) is 5.40. The van der Waals surface area contributed by atoms with Gasteiger partial charge < -0.3 is 4.74 Å². The average molecular weight is 285 g/mol. The zero-order valence-electron chi connectivity index (χ0n) is 11.6. The second kappa shape index (κ2) is 6.16. The number of nitrogens with one attached hydrogen (secondary N) is 1. The van der Waals surface area contributed by atoms with Crippen LogP contribution in [0.15, 0.2) is 23.1 Å². The molecule has 6 heteroatoms. The van der Waals surface area contributed by atoms with Crippen molar-refractivity contribution < 1.29 is 17.9 Å². The maximum absolute atomic E-state index is 12.1. The number of carbonyl (C=O) groups excluding carboxylic acids is 1. The average Bonchev–Trinajstić information content (AvgIpc) is 2.37. The molecule has 0 amide bonds. The molecule has 0 aliphatic rings. The van der Waals surface area contributed by atoms with E-state index in [2.05, 4.69) is 9.46 Å². The molecule has 1 unspecified atom stereocenters. The number of esters is 1. The van der Waals surface area contributed by atoms with Crippen LogP contribution in [0.25, 0.3) is 0 Å². The van der Waals surface area contributed by atoms with Crippen molar-refractivity contribution in [1.29, 1.82) is 0 Å². The van der Waals surface area contributed by atoms with Gasteiger partial charge in [-0.2, -0.15) is 0 Å². The van der Waals surface area contributed by atoms with Gasteiger partial charge in [-0.25, -0.2) is 17.9 Å². The van der Waals surface area contributed by atoms with Crippen molar-refractivity contribution in [1.82, 2.24) is 4.72 Å². The fourth-order valence-electron chi connectivity index (χ4n) is 1.51. The third-order valence-electron chi connectivity index (χ3n) is 2.89. The van der Waals surface area contributed by atoms with Crippen molar-refractivity contribution in [3.8, 4) is 0 Å². The summed E-state index contributed by atoms with van der Waals surface area (Å²) in [5, 5.41) is 0. The highest BCUT2D eigenvalue weighted by Gasteiger charge is 2.19. The van der Waals surface area contributed by atoms with Gasteiger partial charge in [0, 0.05) is 6.04 Å². The van der Waals surface area contributed by atoms with Gasteiger partial charge in [-0.1, -0.05) is 13.0 Å². The van der Waals surface area contributed by atoms with Crippen molar-refractivity contribution in [2.75, 3.05) is 7.11 Å². The van der Waals surface area contributed by atoms with E-state index >= 15 is 0 Å². The molecule has 1 aromatic rings. The van der Waals surface area contributed by atoms with E-state index in [0.29, 0.717) is 12.0 Å². The maximum Gasteiger partial charge on any atom is 0.338 e. The Morgan fingerprint density at radius 3 is 2.58 bits per heavy atom. The number of ether oxygens (including phenoxy) is 1. The van der Waals surface area contributed by atoms with Gasteiger partial charge in [-0.05, 0) is 38.0 Å². The molecule has 0 fully saturated rings. The van der Waals surface area contributed by atoms with Crippen molar-refractivity contribution in [3.05, 3.63) is 29.3 Å². The van der Waals surface area contributed by atoms with E-state index in [4.69, 9.17) is 0 Å². The molecular weight excluding hydrogens is 266 g/mol. The molecule has 0 saturated heterocycles. The van der Waals surface area contributed by atoms with Crippen molar-refractivity contribution in [2.45, 2.75) is 38.1 Å². The molecule has 0 bridgehead atoms. The van der Waals surface area contributed by atoms with Crippen LogP contribution in [0, 0.1) is 6.92 Å². The lowest BCUT2D eigenvalue weighted by Gasteiger charge is -2.13. The first-order chi connectivity index (χ1) is 8.81. The van der Waals surface area contributed by atoms with Crippen molar-refractivity contribution in [2.24, 2.45) is 0 Å². The van der Waals surface area contributed by atoms with Crippen LogP contribution in [-0.4, -0.2) is 27.5 Å². The molecule has 5 nitrogen and oxygen atoms in total. The van der Waals surface area contributed by atoms with E-state index in [1.165, 1.54) is 19.2 Å². The first-order valence-corrected chi connectivity index (χ1v) is 7.51. The van der Waals surface area contributed by atoms with Crippen LogP contribution in [-0.2, 0) is 14.8 Å². The molecule has 0 saturated carbocycles. The molecule has 1 rings (SSSR count). The third kappa shape index (κ3) is 3.78. The topological polar surface area (TPSA) is 72.5 Å². The summed E-state index contributed by atoms with van der Waals surface area (Å²) in [6, 6.07) is 4.25. The minimum atomic E-state index is -3.61. The zero-order chi connectivity index (χ0) is 14.6. The van der Waals surface area contributed by atoms with Crippen molar-refractivity contribution in [3.63, 3.8) is 0 Å². The van der Waals surface area contributed by atoms with Crippen LogP contribution in [0.4, 0.5) is 0 Å². The van der Waals surface area contributed by atoms with Crippen LogP contribution in [0.1, 0.15) is 36.2 Å². The number of aryl methyl sites for hydroxylation is 1. The highest BCUT2D eigenvalue weighted by atomic mass is 32.2. The molecule has 0 radical (unpaired) electrons. The van der Waals surface area contributed by atoms with Crippen LogP contribution in [0.3, 0.4) is 0 Å². The summed E-state index contributed by atoms with van der Waals surface area (Å²) in [5.74, 6) is -0.543. The predicted molar refractivity (Wildman–Crippen MR) is 72.6 cm³/mol. The lowest BCUT2D eigenvalue weighted by atomic mass is 10.1. The fourth-order valence-corrected chi connectivity index (χ4v) is 2.87. The Balaban J connectivity index is 3.18. The molecule has 19 heavy (non-hydrogen) atoms. The molecule has 106 valence electrons. The van der Waals surface area contributed by atoms with Gasteiger partial charge in [0.05, 0.1) is 17.6 Å². The van der Waals surface area contributed by atoms with Gasteiger partial charge in [-0.3, -0.25) is 0 Å². The molecule has 0 spiro atoms. The highest BCUT2D eigenvalue weighted by molar-refractivity contribution is 7.89. The minimum absolute atomic E-state index is 0.0683. The summed E-state index contributed by atoms with van der Waals surface area (Å²) in [6.07, 6.45) is 0.689. The van der Waals surface area contributed by atoms with E-state index in [1.54, 1.807) is 19.9 Å². The summed E-state index contributed by atoms with van der Waals surface area (Å²) in [5.41, 5.74) is 0.934. The zero-order valence-corrected chi connectivity index (χ0v) is 12.4. The monoisotopic (exact) mass is 285 g/mol. The van der Waals surface area contributed by atoms with Crippen LogP contribution in [0.2, 0.25) is 0 Å². The first kappa shape index (κ1) is 15.7. The Kier molecular flexibility index (Phi) is 5.08. The third-order valence-corrected chi connectivity index (χ3v) is 4.48. The Morgan fingerprint density at radius 1 is 1.42 bits per heavy atom. The molecule has 1 N–H and O–H groups in total. The Labute approximate surface area is 114 Å². The quantitative estimate of drug-likeness (QED) is 0.838. The number of hydrogen-bond donors (Lipinski definition) is 1.